The van der Waals surface area contributed by atoms with Crippen LogP contribution in [0, 0.1) is 0 Å². The van der Waals surface area contributed by atoms with Crippen molar-refractivity contribution < 1.29 is 14.3 Å². The quantitative estimate of drug-likeness (QED) is 0.790. The molecule has 2 aliphatic heterocycles. The van der Waals surface area contributed by atoms with Crippen LogP contribution in [-0.4, -0.2) is 40.6 Å². The second-order valence-corrected chi connectivity index (χ2v) is 6.92. The molecule has 1 N–H and O–H groups in total. The predicted molar refractivity (Wildman–Crippen MR) is 92.9 cm³/mol. The van der Waals surface area contributed by atoms with Crippen LogP contribution in [0.3, 0.4) is 0 Å². The summed E-state index contributed by atoms with van der Waals surface area (Å²) in [5.74, 6) is 0.0133. The van der Waals surface area contributed by atoms with Crippen LogP contribution in [-0.2, 0) is 14.9 Å². The van der Waals surface area contributed by atoms with E-state index in [-0.39, 0.29) is 12.0 Å². The number of fused-ring (bicyclic) bond motifs is 2. The number of aromatic nitrogens is 1. The molecule has 1 saturated heterocycles. The van der Waals surface area contributed by atoms with Crippen molar-refractivity contribution in [3.05, 3.63) is 24.0 Å². The summed E-state index contributed by atoms with van der Waals surface area (Å²) in [4.78, 5) is 30.3. The highest BCUT2D eigenvalue weighted by Gasteiger charge is 2.49. The molecule has 1 aromatic rings. The Morgan fingerprint density at radius 2 is 1.92 bits per heavy atom. The van der Waals surface area contributed by atoms with Crippen molar-refractivity contribution >= 4 is 17.7 Å². The molecule has 24 heavy (non-hydrogen) atoms. The fourth-order valence-corrected chi connectivity index (χ4v) is 3.17. The van der Waals surface area contributed by atoms with Crippen molar-refractivity contribution in [2.24, 2.45) is 0 Å². The van der Waals surface area contributed by atoms with Gasteiger partial charge < -0.3 is 15.0 Å². The lowest BCUT2D eigenvalue weighted by molar-refractivity contribution is -0.122. The molecule has 0 atom stereocenters. The molecule has 2 amide bonds. The average Bonchev–Trinajstić information content (AvgIpc) is 2.81. The second kappa shape index (κ2) is 6.79. The zero-order valence-electron chi connectivity index (χ0n) is 15.2. The van der Waals surface area contributed by atoms with Crippen LogP contribution < -0.4 is 5.32 Å². The molecule has 1 spiro atoms. The first-order chi connectivity index (χ1) is 11.3. The van der Waals surface area contributed by atoms with Gasteiger partial charge in [-0.25, -0.2) is 4.79 Å². The SMILES string of the molecule is CC.CC(C)(C)OC(=O)N1CCC2(CC1)C(=O)Nc1cnccc12. The maximum atomic E-state index is 12.4. The third-order valence-corrected chi connectivity index (χ3v) is 4.29. The largest absolute Gasteiger partial charge is 0.444 e. The van der Waals surface area contributed by atoms with Gasteiger partial charge in [-0.3, -0.25) is 9.78 Å². The van der Waals surface area contributed by atoms with Crippen LogP contribution in [0.5, 0.6) is 0 Å². The number of carbonyl (C=O) groups excluding carboxylic acids is 2. The van der Waals surface area contributed by atoms with Crippen LogP contribution in [0.4, 0.5) is 10.5 Å². The molecule has 0 saturated carbocycles. The molecule has 0 aliphatic carbocycles. The number of pyridine rings is 1. The number of carbonyl (C=O) groups is 2. The van der Waals surface area contributed by atoms with Gasteiger partial charge in [0, 0.05) is 19.3 Å². The Labute approximate surface area is 143 Å². The lowest BCUT2D eigenvalue weighted by Crippen LogP contribution is -2.49. The van der Waals surface area contributed by atoms with Gasteiger partial charge in [-0.2, -0.15) is 0 Å². The van der Waals surface area contributed by atoms with E-state index in [1.807, 2.05) is 40.7 Å². The monoisotopic (exact) mass is 333 g/mol. The normalized spacial score (nSPS) is 18.4. The number of amides is 2. The van der Waals surface area contributed by atoms with Crippen molar-refractivity contribution in [1.82, 2.24) is 9.88 Å². The van der Waals surface area contributed by atoms with E-state index in [0.29, 0.717) is 25.9 Å². The van der Waals surface area contributed by atoms with Crippen molar-refractivity contribution in [2.75, 3.05) is 18.4 Å². The van der Waals surface area contributed by atoms with E-state index < -0.39 is 11.0 Å². The zero-order chi connectivity index (χ0) is 18.0. The Hall–Kier alpha value is -2.11. The molecule has 132 valence electrons. The van der Waals surface area contributed by atoms with E-state index in [2.05, 4.69) is 10.3 Å². The number of nitrogens with one attached hydrogen (secondary N) is 1. The van der Waals surface area contributed by atoms with Gasteiger partial charge in [0.2, 0.25) is 5.91 Å². The Morgan fingerprint density at radius 3 is 2.50 bits per heavy atom. The van der Waals surface area contributed by atoms with Crippen LogP contribution in [0.25, 0.3) is 0 Å². The van der Waals surface area contributed by atoms with Gasteiger partial charge in [0.25, 0.3) is 0 Å². The second-order valence-electron chi connectivity index (χ2n) is 6.92. The number of ether oxygens (including phenoxy) is 1. The van der Waals surface area contributed by atoms with E-state index in [1.165, 1.54) is 0 Å². The van der Waals surface area contributed by atoms with E-state index in [9.17, 15) is 9.59 Å². The Balaban J connectivity index is 0.00000100. The Bertz CT molecular complexity index is 614. The summed E-state index contributed by atoms with van der Waals surface area (Å²) in [6.07, 6.45) is 4.30. The lowest BCUT2D eigenvalue weighted by atomic mass is 9.74. The summed E-state index contributed by atoms with van der Waals surface area (Å²) < 4.78 is 5.40. The summed E-state index contributed by atoms with van der Waals surface area (Å²) in [5, 5.41) is 2.90. The maximum absolute atomic E-state index is 12.4. The molecular weight excluding hydrogens is 306 g/mol. The summed E-state index contributed by atoms with van der Waals surface area (Å²) in [7, 11) is 0. The zero-order valence-corrected chi connectivity index (χ0v) is 15.2. The molecule has 3 heterocycles. The molecule has 1 aromatic heterocycles. The predicted octanol–water partition coefficient (Wildman–Crippen LogP) is 3.33. The molecule has 2 aliphatic rings. The highest BCUT2D eigenvalue weighted by molar-refractivity contribution is 6.06. The number of piperidine rings is 1. The third-order valence-electron chi connectivity index (χ3n) is 4.29. The fourth-order valence-electron chi connectivity index (χ4n) is 3.17. The number of nitrogens with zero attached hydrogens (tertiary/aromatic N) is 2. The van der Waals surface area contributed by atoms with Crippen molar-refractivity contribution in [1.29, 1.82) is 0 Å². The minimum absolute atomic E-state index is 0.0133. The first-order valence-corrected chi connectivity index (χ1v) is 8.56. The molecule has 0 aromatic carbocycles. The Kier molecular flexibility index (Phi) is 5.16. The number of anilines is 1. The summed E-state index contributed by atoms with van der Waals surface area (Å²) in [6, 6.07) is 1.90. The molecule has 6 nitrogen and oxygen atoms in total. The standard InChI is InChI=1S/C16H21N3O3.C2H6/c1-15(2,3)22-14(21)19-8-5-16(6-9-19)11-4-7-17-10-12(11)18-13(16)20;1-2/h4,7,10H,5-6,8-9H2,1-3H3,(H,18,20);1-2H3. The maximum Gasteiger partial charge on any atom is 0.410 e. The molecule has 6 heteroatoms. The van der Waals surface area contributed by atoms with E-state index in [0.717, 1.165) is 11.3 Å². The highest BCUT2D eigenvalue weighted by Crippen LogP contribution is 2.44. The molecule has 0 bridgehead atoms. The topological polar surface area (TPSA) is 71.5 Å². The first kappa shape index (κ1) is 18.2. The summed E-state index contributed by atoms with van der Waals surface area (Å²) in [5.41, 5.74) is 0.751. The van der Waals surface area contributed by atoms with Crippen molar-refractivity contribution in [2.45, 2.75) is 58.5 Å². The van der Waals surface area contributed by atoms with Gasteiger partial charge in [0.1, 0.15) is 5.60 Å². The van der Waals surface area contributed by atoms with Crippen LogP contribution in [0.15, 0.2) is 18.5 Å². The van der Waals surface area contributed by atoms with Gasteiger partial charge in [-0.1, -0.05) is 13.8 Å². The van der Waals surface area contributed by atoms with E-state index in [1.54, 1.807) is 17.3 Å². The number of rotatable bonds is 0. The Morgan fingerprint density at radius 1 is 1.29 bits per heavy atom. The number of likely N-dealkylation sites (tertiary alicyclic amines) is 1. The minimum atomic E-state index is -0.531. The first-order valence-electron chi connectivity index (χ1n) is 8.56. The number of hydrogen-bond acceptors (Lipinski definition) is 4. The van der Waals surface area contributed by atoms with Crippen molar-refractivity contribution in [3.63, 3.8) is 0 Å². The van der Waals surface area contributed by atoms with E-state index >= 15 is 0 Å². The van der Waals surface area contributed by atoms with Crippen LogP contribution in [0.1, 0.15) is 53.0 Å². The third kappa shape index (κ3) is 3.37. The molecule has 0 radical (unpaired) electrons. The van der Waals surface area contributed by atoms with Gasteiger partial charge in [-0.05, 0) is 45.2 Å². The van der Waals surface area contributed by atoms with Gasteiger partial charge in [0.05, 0.1) is 17.3 Å². The van der Waals surface area contributed by atoms with Gasteiger partial charge in [0.15, 0.2) is 0 Å². The summed E-state index contributed by atoms with van der Waals surface area (Å²) >= 11 is 0. The van der Waals surface area contributed by atoms with E-state index in [4.69, 9.17) is 4.74 Å². The van der Waals surface area contributed by atoms with Crippen molar-refractivity contribution in [3.8, 4) is 0 Å². The summed E-state index contributed by atoms with van der Waals surface area (Å²) in [6.45, 7) is 10.6. The van der Waals surface area contributed by atoms with Crippen LogP contribution >= 0.6 is 0 Å². The van der Waals surface area contributed by atoms with Crippen LogP contribution in [0.2, 0.25) is 0 Å². The minimum Gasteiger partial charge on any atom is -0.444 e. The molecular formula is C18H27N3O3. The van der Waals surface area contributed by atoms with Gasteiger partial charge in [-0.15, -0.1) is 0 Å². The average molecular weight is 333 g/mol. The highest BCUT2D eigenvalue weighted by atomic mass is 16.6. The van der Waals surface area contributed by atoms with Gasteiger partial charge >= 0.3 is 6.09 Å². The molecule has 0 unspecified atom stereocenters. The molecule has 1 fully saturated rings. The fraction of sp³-hybridized carbons (Fsp3) is 0.611. The molecule has 3 rings (SSSR count). The lowest BCUT2D eigenvalue weighted by Gasteiger charge is -2.38. The number of hydrogen-bond donors (Lipinski definition) is 1. The smallest absolute Gasteiger partial charge is 0.410 e.